The SMILES string of the molecule is COC(C)C(=O)NCCc1n[nH]c(=S)n1C1CC1. The molecule has 6 nitrogen and oxygen atoms in total. The van der Waals surface area contributed by atoms with E-state index in [0.717, 1.165) is 18.7 Å². The van der Waals surface area contributed by atoms with Gasteiger partial charge in [0.2, 0.25) is 5.91 Å². The number of carbonyl (C=O) groups excluding carboxylic acids is 1. The second-order valence-corrected chi connectivity index (χ2v) is 4.85. The molecule has 0 aliphatic heterocycles. The molecule has 0 saturated heterocycles. The van der Waals surface area contributed by atoms with Crippen molar-refractivity contribution in [2.24, 2.45) is 0 Å². The third-order valence-corrected chi connectivity index (χ3v) is 3.35. The Morgan fingerprint density at radius 2 is 2.44 bits per heavy atom. The highest BCUT2D eigenvalue weighted by atomic mass is 32.1. The number of carbonyl (C=O) groups is 1. The van der Waals surface area contributed by atoms with Crippen molar-refractivity contribution in [2.75, 3.05) is 13.7 Å². The summed E-state index contributed by atoms with van der Waals surface area (Å²) in [6.07, 6.45) is 2.57. The number of nitrogens with zero attached hydrogens (tertiary/aromatic N) is 2. The second kappa shape index (κ2) is 5.62. The average Bonchev–Trinajstić information content (AvgIpc) is 3.13. The van der Waals surface area contributed by atoms with Gasteiger partial charge in [-0.3, -0.25) is 9.89 Å². The van der Waals surface area contributed by atoms with Crippen molar-refractivity contribution in [3.8, 4) is 0 Å². The molecule has 1 aromatic heterocycles. The molecule has 1 fully saturated rings. The minimum absolute atomic E-state index is 0.107. The molecule has 1 saturated carbocycles. The van der Waals surface area contributed by atoms with E-state index in [1.807, 2.05) is 0 Å². The van der Waals surface area contributed by atoms with E-state index in [4.69, 9.17) is 17.0 Å². The van der Waals surface area contributed by atoms with Gasteiger partial charge in [0, 0.05) is 26.1 Å². The van der Waals surface area contributed by atoms with Crippen LogP contribution in [-0.4, -0.2) is 40.4 Å². The predicted molar refractivity (Wildman–Crippen MR) is 68.9 cm³/mol. The molecule has 1 aliphatic rings. The Labute approximate surface area is 111 Å². The van der Waals surface area contributed by atoms with Crippen LogP contribution in [0, 0.1) is 4.77 Å². The van der Waals surface area contributed by atoms with Crippen LogP contribution in [0.5, 0.6) is 0 Å². The summed E-state index contributed by atoms with van der Waals surface area (Å²) in [4.78, 5) is 11.5. The van der Waals surface area contributed by atoms with Crippen molar-refractivity contribution in [2.45, 2.75) is 38.3 Å². The summed E-state index contributed by atoms with van der Waals surface area (Å²) in [6.45, 7) is 2.26. The van der Waals surface area contributed by atoms with Gasteiger partial charge in [-0.15, -0.1) is 0 Å². The largest absolute Gasteiger partial charge is 0.372 e. The Hall–Kier alpha value is -1.21. The van der Waals surface area contributed by atoms with Gasteiger partial charge in [-0.25, -0.2) is 0 Å². The van der Waals surface area contributed by atoms with Gasteiger partial charge in [-0.2, -0.15) is 5.10 Å². The van der Waals surface area contributed by atoms with E-state index >= 15 is 0 Å². The summed E-state index contributed by atoms with van der Waals surface area (Å²) in [5.74, 6) is 0.803. The Bertz CT molecular complexity index is 478. The molecule has 1 heterocycles. The highest BCUT2D eigenvalue weighted by Gasteiger charge is 2.27. The lowest BCUT2D eigenvalue weighted by atomic mass is 10.3. The highest BCUT2D eigenvalue weighted by Crippen LogP contribution is 2.35. The number of hydrogen-bond acceptors (Lipinski definition) is 4. The maximum absolute atomic E-state index is 11.5. The highest BCUT2D eigenvalue weighted by molar-refractivity contribution is 7.71. The standard InChI is InChI=1S/C11H18N4O2S/c1-7(17-2)10(16)12-6-5-9-13-14-11(18)15(9)8-3-4-8/h7-8H,3-6H2,1-2H3,(H,12,16)(H,14,18). The lowest BCUT2D eigenvalue weighted by Crippen LogP contribution is -2.35. The normalized spacial score (nSPS) is 16.6. The molecule has 1 amide bonds. The van der Waals surface area contributed by atoms with Gasteiger partial charge < -0.3 is 14.6 Å². The zero-order valence-electron chi connectivity index (χ0n) is 10.6. The van der Waals surface area contributed by atoms with E-state index in [0.29, 0.717) is 23.8 Å². The second-order valence-electron chi connectivity index (χ2n) is 4.47. The topological polar surface area (TPSA) is 71.9 Å². The minimum Gasteiger partial charge on any atom is -0.372 e. The van der Waals surface area contributed by atoms with Crippen LogP contribution < -0.4 is 5.32 Å². The molecule has 2 N–H and O–H groups in total. The molecule has 1 aromatic rings. The number of hydrogen-bond donors (Lipinski definition) is 2. The van der Waals surface area contributed by atoms with Gasteiger partial charge in [0.1, 0.15) is 11.9 Å². The van der Waals surface area contributed by atoms with Crippen LogP contribution in [0.2, 0.25) is 0 Å². The smallest absolute Gasteiger partial charge is 0.248 e. The number of nitrogens with one attached hydrogen (secondary N) is 2. The lowest BCUT2D eigenvalue weighted by molar-refractivity contribution is -0.129. The number of methoxy groups -OCH3 is 1. The molecular weight excluding hydrogens is 252 g/mol. The quantitative estimate of drug-likeness (QED) is 0.756. The number of aromatic nitrogens is 3. The summed E-state index contributed by atoms with van der Waals surface area (Å²) in [6, 6.07) is 0.500. The molecule has 0 aromatic carbocycles. The fraction of sp³-hybridized carbons (Fsp3) is 0.727. The average molecular weight is 270 g/mol. The molecule has 1 unspecified atom stereocenters. The van der Waals surface area contributed by atoms with Crippen LogP contribution in [0.3, 0.4) is 0 Å². The van der Waals surface area contributed by atoms with Crippen LogP contribution in [0.1, 0.15) is 31.6 Å². The Morgan fingerprint density at radius 1 is 1.72 bits per heavy atom. The van der Waals surface area contributed by atoms with Crippen LogP contribution in [0.25, 0.3) is 0 Å². The molecular formula is C11H18N4O2S. The van der Waals surface area contributed by atoms with Crippen molar-refractivity contribution in [1.82, 2.24) is 20.1 Å². The van der Waals surface area contributed by atoms with Crippen molar-refractivity contribution < 1.29 is 9.53 Å². The van der Waals surface area contributed by atoms with E-state index in [1.165, 1.54) is 7.11 Å². The number of aromatic amines is 1. The summed E-state index contributed by atoms with van der Waals surface area (Å²) in [5.41, 5.74) is 0. The lowest BCUT2D eigenvalue weighted by Gasteiger charge is -2.10. The fourth-order valence-electron chi connectivity index (χ4n) is 1.77. The molecule has 0 spiro atoms. The Kier molecular flexibility index (Phi) is 4.13. The maximum atomic E-state index is 11.5. The third-order valence-electron chi connectivity index (χ3n) is 3.06. The first-order valence-electron chi connectivity index (χ1n) is 6.09. The predicted octanol–water partition coefficient (Wildman–Crippen LogP) is 0.969. The summed E-state index contributed by atoms with van der Waals surface area (Å²) >= 11 is 5.19. The summed E-state index contributed by atoms with van der Waals surface area (Å²) in [7, 11) is 1.52. The van der Waals surface area contributed by atoms with Crippen molar-refractivity contribution in [1.29, 1.82) is 0 Å². The molecule has 100 valence electrons. The van der Waals surface area contributed by atoms with Crippen molar-refractivity contribution in [3.05, 3.63) is 10.6 Å². The van der Waals surface area contributed by atoms with Crippen LogP contribution in [-0.2, 0) is 16.0 Å². The summed E-state index contributed by atoms with van der Waals surface area (Å²) < 4.78 is 7.66. The van der Waals surface area contributed by atoms with Gasteiger partial charge in [0.15, 0.2) is 4.77 Å². The molecule has 7 heteroatoms. The Morgan fingerprint density at radius 3 is 3.06 bits per heavy atom. The fourth-order valence-corrected chi connectivity index (χ4v) is 2.07. The first kappa shape index (κ1) is 13.2. The number of rotatable bonds is 6. The molecule has 0 radical (unpaired) electrons. The molecule has 0 bridgehead atoms. The van der Waals surface area contributed by atoms with Gasteiger partial charge in [-0.1, -0.05) is 0 Å². The molecule has 2 rings (SSSR count). The van der Waals surface area contributed by atoms with E-state index in [2.05, 4.69) is 20.1 Å². The monoisotopic (exact) mass is 270 g/mol. The first-order chi connectivity index (χ1) is 8.63. The van der Waals surface area contributed by atoms with Gasteiger partial charge in [0.25, 0.3) is 0 Å². The van der Waals surface area contributed by atoms with Gasteiger partial charge in [0.05, 0.1) is 0 Å². The maximum Gasteiger partial charge on any atom is 0.248 e. The van der Waals surface area contributed by atoms with Crippen LogP contribution in [0.4, 0.5) is 0 Å². The van der Waals surface area contributed by atoms with Crippen LogP contribution in [0.15, 0.2) is 0 Å². The van der Waals surface area contributed by atoms with E-state index in [9.17, 15) is 4.79 Å². The van der Waals surface area contributed by atoms with Crippen molar-refractivity contribution >= 4 is 18.1 Å². The van der Waals surface area contributed by atoms with E-state index in [-0.39, 0.29) is 5.91 Å². The molecule has 1 atom stereocenters. The third kappa shape index (κ3) is 2.97. The summed E-state index contributed by atoms with van der Waals surface area (Å²) in [5, 5.41) is 9.82. The number of H-pyrrole nitrogens is 1. The van der Waals surface area contributed by atoms with Crippen molar-refractivity contribution in [3.63, 3.8) is 0 Å². The zero-order chi connectivity index (χ0) is 13.1. The minimum atomic E-state index is -0.422. The molecule has 1 aliphatic carbocycles. The van der Waals surface area contributed by atoms with Gasteiger partial charge >= 0.3 is 0 Å². The zero-order valence-corrected chi connectivity index (χ0v) is 11.4. The van der Waals surface area contributed by atoms with E-state index in [1.54, 1.807) is 6.92 Å². The van der Waals surface area contributed by atoms with Crippen LogP contribution >= 0.6 is 12.2 Å². The van der Waals surface area contributed by atoms with Gasteiger partial charge in [-0.05, 0) is 32.0 Å². The Balaban J connectivity index is 1.87. The number of ether oxygens (including phenoxy) is 1. The number of amides is 1. The molecule has 18 heavy (non-hydrogen) atoms. The first-order valence-corrected chi connectivity index (χ1v) is 6.50. The van der Waals surface area contributed by atoms with E-state index < -0.39 is 6.10 Å².